The molecule has 2 unspecified atom stereocenters. The van der Waals surface area contributed by atoms with E-state index in [1.165, 1.54) is 56.9 Å². The molecule has 4 saturated carbocycles. The van der Waals surface area contributed by atoms with Crippen molar-refractivity contribution in [2.24, 2.45) is 63.1 Å². The zero-order chi connectivity index (χ0) is 25.1. The van der Waals surface area contributed by atoms with E-state index in [9.17, 15) is 4.79 Å². The Labute approximate surface area is 218 Å². The summed E-state index contributed by atoms with van der Waals surface area (Å²) in [4.78, 5) is 12.9. The summed E-state index contributed by atoms with van der Waals surface area (Å²) < 4.78 is 0. The molecule has 0 saturated heterocycles. The number of nitrogens with one attached hydrogen (secondary N) is 1. The first-order valence-corrected chi connectivity index (χ1v) is 15.0. The highest BCUT2D eigenvalue weighted by molar-refractivity contribution is 6.24. The first kappa shape index (κ1) is 25.6. The Balaban J connectivity index is 1.46. The van der Waals surface area contributed by atoms with Crippen LogP contribution in [-0.2, 0) is 4.79 Å². The number of amidine groups is 1. The quantitative estimate of drug-likeness (QED) is 0.314. The number of hydrazone groups is 1. The molecule has 196 valence electrons. The molecule has 0 radical (unpaired) electrons. The van der Waals surface area contributed by atoms with Crippen LogP contribution in [0.5, 0.6) is 0 Å². The summed E-state index contributed by atoms with van der Waals surface area (Å²) in [6.45, 7) is 12.4. The predicted octanol–water partition coefficient (Wildman–Crippen LogP) is 7.02. The molecule has 0 aromatic rings. The summed E-state index contributed by atoms with van der Waals surface area (Å²) >= 11 is 6.76. The summed E-state index contributed by atoms with van der Waals surface area (Å²) in [6, 6.07) is 0. The maximum atomic E-state index is 12.9. The highest BCUT2D eigenvalue weighted by Gasteiger charge is 2.62. The van der Waals surface area contributed by atoms with Gasteiger partial charge in [0.25, 0.3) is 5.91 Å². The second-order valence-electron chi connectivity index (χ2n) is 13.9. The fourth-order valence-corrected chi connectivity index (χ4v) is 10.3. The van der Waals surface area contributed by atoms with Gasteiger partial charge in [0.15, 0.2) is 5.84 Å². The van der Waals surface area contributed by atoms with Crippen molar-refractivity contribution in [3.8, 4) is 0 Å². The first-order chi connectivity index (χ1) is 16.6. The van der Waals surface area contributed by atoms with Gasteiger partial charge in [0.2, 0.25) is 0 Å². The number of alkyl halides is 1. The van der Waals surface area contributed by atoms with Crippen molar-refractivity contribution in [2.75, 3.05) is 0 Å². The van der Waals surface area contributed by atoms with Crippen molar-refractivity contribution in [1.82, 2.24) is 5.43 Å². The molecule has 4 fully saturated rings. The molecule has 0 spiro atoms. The van der Waals surface area contributed by atoms with Gasteiger partial charge in [0.1, 0.15) is 0 Å². The minimum absolute atomic E-state index is 0.100. The van der Waals surface area contributed by atoms with Gasteiger partial charge in [-0.1, -0.05) is 53.9 Å². The normalized spacial score (nSPS) is 46.0. The van der Waals surface area contributed by atoms with Gasteiger partial charge in [-0.15, -0.1) is 11.6 Å². The molecule has 5 aliphatic rings. The van der Waals surface area contributed by atoms with E-state index in [-0.39, 0.29) is 16.7 Å². The molecule has 1 heterocycles. The Bertz CT molecular complexity index is 911. The second-order valence-corrected chi connectivity index (χ2v) is 14.5. The van der Waals surface area contributed by atoms with Crippen LogP contribution in [0.4, 0.5) is 0 Å². The minimum Gasteiger partial charge on any atom is -0.382 e. The lowest BCUT2D eigenvalue weighted by Gasteiger charge is -2.62. The van der Waals surface area contributed by atoms with Crippen molar-refractivity contribution < 1.29 is 4.79 Å². The van der Waals surface area contributed by atoms with E-state index in [1.807, 2.05) is 0 Å². The number of carbonyl (C=O) groups is 1. The summed E-state index contributed by atoms with van der Waals surface area (Å²) in [6.07, 6.45) is 13.8. The third-order valence-corrected chi connectivity index (χ3v) is 12.1. The Morgan fingerprint density at radius 3 is 2.46 bits per heavy atom. The predicted molar refractivity (Wildman–Crippen MR) is 145 cm³/mol. The van der Waals surface area contributed by atoms with Crippen molar-refractivity contribution >= 4 is 23.3 Å². The number of hydrogen-bond acceptors (Lipinski definition) is 3. The van der Waals surface area contributed by atoms with E-state index in [4.69, 9.17) is 17.3 Å². The van der Waals surface area contributed by atoms with E-state index in [2.05, 4.69) is 45.1 Å². The van der Waals surface area contributed by atoms with Crippen LogP contribution >= 0.6 is 11.6 Å². The number of hydrogen-bond donors (Lipinski definition) is 2. The highest BCUT2D eigenvalue weighted by Crippen LogP contribution is 2.69. The molecular formula is C30H48ClN3O. The standard InChI is InChI=1S/C30H48ClN3O/c1-17(2)7-6-8-18(3)22-9-10-23-20-16-21(26-27(32)33-34-28(26)35)25-15-19(31)11-13-30(25,5)24(20)12-14-29(22,23)4/h17-20,22-25H,6-16H2,1-5H3,(H2,32,33)(H,34,35)/b26-21+/t18-,19?,20+,22-,23+,24+,25?,29-,30-/m1/s1. The lowest BCUT2D eigenvalue weighted by molar-refractivity contribution is -0.117. The molecule has 4 aliphatic carbocycles. The third-order valence-electron chi connectivity index (χ3n) is 11.7. The topological polar surface area (TPSA) is 67.5 Å². The Hall–Kier alpha value is -1.03. The van der Waals surface area contributed by atoms with Crippen molar-refractivity contribution in [3.05, 3.63) is 11.1 Å². The van der Waals surface area contributed by atoms with Crippen LogP contribution in [0.15, 0.2) is 16.2 Å². The van der Waals surface area contributed by atoms with E-state index in [1.54, 1.807) is 0 Å². The van der Waals surface area contributed by atoms with Crippen LogP contribution in [0.2, 0.25) is 0 Å². The molecule has 0 bridgehead atoms. The molecule has 5 heteroatoms. The minimum atomic E-state index is -0.100. The van der Waals surface area contributed by atoms with Gasteiger partial charge in [0.05, 0.1) is 5.57 Å². The number of fused-ring (bicyclic) bond motifs is 5. The third kappa shape index (κ3) is 4.18. The maximum absolute atomic E-state index is 12.9. The van der Waals surface area contributed by atoms with Crippen LogP contribution in [0.25, 0.3) is 0 Å². The zero-order valence-corrected chi connectivity index (χ0v) is 23.5. The zero-order valence-electron chi connectivity index (χ0n) is 22.7. The smallest absolute Gasteiger partial charge is 0.275 e. The lowest BCUT2D eigenvalue weighted by Crippen LogP contribution is -2.55. The van der Waals surface area contributed by atoms with Gasteiger partial charge in [-0.05, 0) is 109 Å². The lowest BCUT2D eigenvalue weighted by atomic mass is 9.43. The van der Waals surface area contributed by atoms with Gasteiger partial charge in [-0.3, -0.25) is 4.79 Å². The average Bonchev–Trinajstić information content (AvgIpc) is 3.32. The number of nitrogens with zero attached hydrogens (tertiary/aromatic N) is 1. The summed E-state index contributed by atoms with van der Waals surface area (Å²) in [7, 11) is 0. The largest absolute Gasteiger partial charge is 0.382 e. The SMILES string of the molecule is CC(C)CCC[C@@H](C)[C@H]1CC[C@H]2[C@@H]3C/C(=C4\C(=O)NN=C4N)C4CC(Cl)CC[C@]4(C)[C@H]3CC[C@]12C. The molecule has 9 atom stereocenters. The van der Waals surface area contributed by atoms with Gasteiger partial charge < -0.3 is 5.73 Å². The maximum Gasteiger partial charge on any atom is 0.275 e. The Morgan fingerprint density at radius 2 is 1.77 bits per heavy atom. The number of rotatable bonds is 5. The fraction of sp³-hybridized carbons (Fsp3) is 0.867. The molecule has 4 nitrogen and oxygen atoms in total. The van der Waals surface area contributed by atoms with E-state index >= 15 is 0 Å². The monoisotopic (exact) mass is 501 g/mol. The summed E-state index contributed by atoms with van der Waals surface area (Å²) in [5.41, 5.74) is 11.6. The van der Waals surface area contributed by atoms with Crippen LogP contribution < -0.4 is 11.2 Å². The number of halogens is 1. The van der Waals surface area contributed by atoms with Crippen molar-refractivity contribution in [1.29, 1.82) is 0 Å². The molecule has 0 aromatic carbocycles. The Kier molecular flexibility index (Phi) is 6.86. The van der Waals surface area contributed by atoms with E-state index < -0.39 is 0 Å². The van der Waals surface area contributed by atoms with Crippen LogP contribution in [-0.4, -0.2) is 17.1 Å². The first-order valence-electron chi connectivity index (χ1n) is 14.6. The van der Waals surface area contributed by atoms with Gasteiger partial charge in [0, 0.05) is 5.38 Å². The Morgan fingerprint density at radius 1 is 1.06 bits per heavy atom. The summed E-state index contributed by atoms with van der Waals surface area (Å²) in [5, 5.41) is 4.31. The van der Waals surface area contributed by atoms with Crippen LogP contribution in [0, 0.1) is 52.3 Å². The average molecular weight is 502 g/mol. The van der Waals surface area contributed by atoms with Crippen molar-refractivity contribution in [3.63, 3.8) is 0 Å². The molecule has 0 aromatic heterocycles. The molecule has 1 amide bonds. The number of amides is 1. The highest BCUT2D eigenvalue weighted by atomic mass is 35.5. The molecular weight excluding hydrogens is 454 g/mol. The van der Waals surface area contributed by atoms with Crippen molar-refractivity contribution in [2.45, 2.75) is 111 Å². The molecule has 1 aliphatic heterocycles. The van der Waals surface area contributed by atoms with E-state index in [0.717, 1.165) is 48.9 Å². The second kappa shape index (κ2) is 9.37. The molecule has 5 rings (SSSR count). The number of nitrogens with two attached hydrogens (primary N) is 1. The number of allylic oxidation sites excluding steroid dienone is 1. The van der Waals surface area contributed by atoms with Gasteiger partial charge >= 0.3 is 0 Å². The summed E-state index contributed by atoms with van der Waals surface area (Å²) in [5.74, 6) is 5.23. The fourth-order valence-electron chi connectivity index (χ4n) is 10.0. The van der Waals surface area contributed by atoms with Gasteiger partial charge in [-0.2, -0.15) is 5.10 Å². The van der Waals surface area contributed by atoms with E-state index in [0.29, 0.717) is 28.7 Å². The van der Waals surface area contributed by atoms with Crippen LogP contribution in [0.3, 0.4) is 0 Å². The molecule has 35 heavy (non-hydrogen) atoms. The molecule has 3 N–H and O–H groups in total. The van der Waals surface area contributed by atoms with Gasteiger partial charge in [-0.25, -0.2) is 5.43 Å². The van der Waals surface area contributed by atoms with Crippen LogP contribution in [0.1, 0.15) is 105 Å². The number of carbonyl (C=O) groups excluding carboxylic acids is 1.